The molecule has 0 aliphatic carbocycles. The van der Waals surface area contributed by atoms with Gasteiger partial charge in [0.1, 0.15) is 12.3 Å². The number of nitrogen functional groups attached to an aromatic ring is 1. The minimum absolute atomic E-state index is 0.125. The van der Waals surface area contributed by atoms with Gasteiger partial charge in [0.15, 0.2) is 5.82 Å². The van der Waals surface area contributed by atoms with Crippen LogP contribution in [0.1, 0.15) is 10.5 Å². The van der Waals surface area contributed by atoms with Crippen molar-refractivity contribution in [3.63, 3.8) is 0 Å². The van der Waals surface area contributed by atoms with Gasteiger partial charge in [-0.2, -0.15) is 0 Å². The van der Waals surface area contributed by atoms with Gasteiger partial charge in [0.05, 0.1) is 30.4 Å². The third-order valence-corrected chi connectivity index (χ3v) is 3.63. The van der Waals surface area contributed by atoms with Gasteiger partial charge in [-0.15, -0.1) is 0 Å². The Bertz CT molecular complexity index is 901. The Morgan fingerprint density at radius 1 is 1.07 bits per heavy atom. The molecule has 0 fully saturated rings. The van der Waals surface area contributed by atoms with Crippen molar-refractivity contribution in [2.45, 2.75) is 0 Å². The van der Waals surface area contributed by atoms with Crippen LogP contribution in [-0.2, 0) is 4.74 Å². The summed E-state index contributed by atoms with van der Waals surface area (Å²) in [5, 5.41) is 2.67. The number of methoxy groups -OCH3 is 1. The second-order valence-corrected chi connectivity index (χ2v) is 5.54. The Hall–Kier alpha value is -3.52. The molecule has 0 atom stereocenters. The van der Waals surface area contributed by atoms with E-state index in [0.717, 1.165) is 5.56 Å². The maximum absolute atomic E-state index is 12.4. The van der Waals surface area contributed by atoms with Gasteiger partial charge in [0, 0.05) is 12.7 Å². The van der Waals surface area contributed by atoms with Crippen LogP contribution in [-0.4, -0.2) is 41.2 Å². The fraction of sp³-hybridized carbons (Fsp3) is 0.158. The Labute approximate surface area is 156 Å². The topological polar surface area (TPSA) is 112 Å². The number of ether oxygens (including phenoxy) is 2. The third-order valence-electron chi connectivity index (χ3n) is 3.63. The fourth-order valence-corrected chi connectivity index (χ4v) is 2.25. The highest BCUT2D eigenvalue weighted by Gasteiger charge is 2.13. The highest BCUT2D eigenvalue weighted by atomic mass is 16.5. The molecule has 138 valence electrons. The van der Waals surface area contributed by atoms with E-state index in [2.05, 4.69) is 20.3 Å². The number of nitrogens with one attached hydrogen (secondary N) is 1. The number of hydrogen-bond donors (Lipinski definition) is 2. The number of carbonyl (C=O) groups excluding carboxylic acids is 1. The van der Waals surface area contributed by atoms with E-state index < -0.39 is 5.91 Å². The van der Waals surface area contributed by atoms with Gasteiger partial charge >= 0.3 is 0 Å². The number of nitrogens with two attached hydrogens (primary N) is 1. The Kier molecular flexibility index (Phi) is 5.91. The van der Waals surface area contributed by atoms with Crippen molar-refractivity contribution in [3.8, 4) is 17.1 Å². The number of nitrogens with zero attached hydrogens (tertiary/aromatic N) is 3. The van der Waals surface area contributed by atoms with Gasteiger partial charge in [-0.25, -0.2) is 15.0 Å². The van der Waals surface area contributed by atoms with Gasteiger partial charge < -0.3 is 20.5 Å². The average molecular weight is 365 g/mol. The molecule has 2 aromatic heterocycles. The molecule has 3 aromatic rings. The molecule has 0 bridgehead atoms. The van der Waals surface area contributed by atoms with E-state index in [0.29, 0.717) is 30.5 Å². The summed E-state index contributed by atoms with van der Waals surface area (Å²) in [6.07, 6.45) is 2.70. The van der Waals surface area contributed by atoms with E-state index in [1.165, 1.54) is 12.4 Å². The number of amides is 1. The molecule has 0 aliphatic rings. The summed E-state index contributed by atoms with van der Waals surface area (Å²) in [6.45, 7) is 0.788. The molecule has 3 rings (SSSR count). The van der Waals surface area contributed by atoms with E-state index in [1.54, 1.807) is 19.2 Å². The van der Waals surface area contributed by atoms with Crippen molar-refractivity contribution >= 4 is 17.4 Å². The zero-order chi connectivity index (χ0) is 19.1. The largest absolute Gasteiger partial charge is 0.474 e. The van der Waals surface area contributed by atoms with Crippen molar-refractivity contribution in [3.05, 3.63) is 60.6 Å². The number of pyridine rings is 1. The molecule has 3 N–H and O–H groups in total. The highest BCUT2D eigenvalue weighted by Crippen LogP contribution is 2.23. The molecule has 2 heterocycles. The third kappa shape index (κ3) is 4.77. The first kappa shape index (κ1) is 18.3. The minimum Gasteiger partial charge on any atom is -0.474 e. The lowest BCUT2D eigenvalue weighted by Crippen LogP contribution is -2.16. The van der Waals surface area contributed by atoms with E-state index in [9.17, 15) is 4.79 Å². The molecule has 0 saturated carbocycles. The Balaban J connectivity index is 1.72. The summed E-state index contributed by atoms with van der Waals surface area (Å²) in [4.78, 5) is 25.0. The standard InChI is InChI=1S/C19H19N5O3/c1-26-9-10-27-17-12-21-16(11-22-17)19(25)24-18-14(20)7-8-15(23-18)13-5-3-2-4-6-13/h2-8,11-12H,9-10,20H2,1H3,(H,23,24,25). The van der Waals surface area contributed by atoms with Gasteiger partial charge in [-0.1, -0.05) is 30.3 Å². The monoisotopic (exact) mass is 365 g/mol. The number of anilines is 2. The predicted molar refractivity (Wildman–Crippen MR) is 101 cm³/mol. The first-order chi connectivity index (χ1) is 13.2. The van der Waals surface area contributed by atoms with Gasteiger partial charge in [-0.05, 0) is 12.1 Å². The second-order valence-electron chi connectivity index (χ2n) is 5.54. The molecule has 8 heteroatoms. The van der Waals surface area contributed by atoms with E-state index in [1.807, 2.05) is 30.3 Å². The van der Waals surface area contributed by atoms with E-state index in [4.69, 9.17) is 15.2 Å². The summed E-state index contributed by atoms with van der Waals surface area (Å²) in [7, 11) is 1.58. The van der Waals surface area contributed by atoms with Crippen LogP contribution in [0, 0.1) is 0 Å². The normalized spacial score (nSPS) is 10.4. The molecule has 0 saturated heterocycles. The molecule has 1 amide bonds. The maximum Gasteiger partial charge on any atom is 0.277 e. The molecule has 0 aliphatic heterocycles. The van der Waals surface area contributed by atoms with E-state index >= 15 is 0 Å². The van der Waals surface area contributed by atoms with Gasteiger partial charge in [0.25, 0.3) is 5.91 Å². The molecule has 0 spiro atoms. The number of benzene rings is 1. The summed E-state index contributed by atoms with van der Waals surface area (Å²) in [6, 6.07) is 13.1. The average Bonchev–Trinajstić information content (AvgIpc) is 2.71. The molecule has 1 aromatic carbocycles. The Morgan fingerprint density at radius 2 is 1.89 bits per heavy atom. The molecular weight excluding hydrogens is 346 g/mol. The molecule has 0 radical (unpaired) electrons. The minimum atomic E-state index is -0.463. The SMILES string of the molecule is COCCOc1cnc(C(=O)Nc2nc(-c3ccccc3)ccc2N)cn1. The van der Waals surface area contributed by atoms with Crippen LogP contribution in [0.15, 0.2) is 54.9 Å². The lowest BCUT2D eigenvalue weighted by Gasteiger charge is -2.09. The van der Waals surface area contributed by atoms with Crippen molar-refractivity contribution < 1.29 is 14.3 Å². The smallest absolute Gasteiger partial charge is 0.277 e. The Morgan fingerprint density at radius 3 is 2.59 bits per heavy atom. The van der Waals surface area contributed by atoms with Crippen LogP contribution in [0.25, 0.3) is 11.3 Å². The number of aromatic nitrogens is 3. The van der Waals surface area contributed by atoms with Gasteiger partial charge in [-0.3, -0.25) is 4.79 Å². The van der Waals surface area contributed by atoms with Crippen molar-refractivity contribution in [2.24, 2.45) is 0 Å². The van der Waals surface area contributed by atoms with Crippen LogP contribution >= 0.6 is 0 Å². The first-order valence-electron chi connectivity index (χ1n) is 8.24. The van der Waals surface area contributed by atoms with Gasteiger partial charge in [0.2, 0.25) is 5.88 Å². The summed E-state index contributed by atoms with van der Waals surface area (Å²) in [5.74, 6) is 0.117. The number of rotatable bonds is 7. The lowest BCUT2D eigenvalue weighted by atomic mass is 10.1. The molecule has 0 unspecified atom stereocenters. The fourth-order valence-electron chi connectivity index (χ4n) is 2.25. The van der Waals surface area contributed by atoms with Crippen LogP contribution in [0.4, 0.5) is 11.5 Å². The van der Waals surface area contributed by atoms with Crippen LogP contribution in [0.2, 0.25) is 0 Å². The van der Waals surface area contributed by atoms with Crippen molar-refractivity contribution in [1.29, 1.82) is 0 Å². The van der Waals surface area contributed by atoms with Crippen LogP contribution in [0.5, 0.6) is 5.88 Å². The highest BCUT2D eigenvalue weighted by molar-refractivity contribution is 6.03. The van der Waals surface area contributed by atoms with E-state index in [-0.39, 0.29) is 11.5 Å². The number of hydrogen-bond acceptors (Lipinski definition) is 7. The summed E-state index contributed by atoms with van der Waals surface area (Å²) in [5.41, 5.74) is 8.05. The maximum atomic E-state index is 12.4. The quantitative estimate of drug-likeness (QED) is 0.618. The summed E-state index contributed by atoms with van der Waals surface area (Å²) >= 11 is 0. The number of carbonyl (C=O) groups is 1. The lowest BCUT2D eigenvalue weighted by molar-refractivity contribution is 0.102. The van der Waals surface area contributed by atoms with Crippen molar-refractivity contribution in [1.82, 2.24) is 15.0 Å². The molecule has 27 heavy (non-hydrogen) atoms. The first-order valence-corrected chi connectivity index (χ1v) is 8.24. The zero-order valence-electron chi connectivity index (χ0n) is 14.8. The van der Waals surface area contributed by atoms with Crippen molar-refractivity contribution in [2.75, 3.05) is 31.4 Å². The summed E-state index contributed by atoms with van der Waals surface area (Å²) < 4.78 is 10.2. The van der Waals surface area contributed by atoms with Crippen LogP contribution in [0.3, 0.4) is 0 Å². The second kappa shape index (κ2) is 8.72. The molecule has 8 nitrogen and oxygen atoms in total. The zero-order valence-corrected chi connectivity index (χ0v) is 14.8. The van der Waals surface area contributed by atoms with Crippen LogP contribution < -0.4 is 15.8 Å². The molecular formula is C19H19N5O3. The predicted octanol–water partition coefficient (Wildman–Crippen LogP) is 2.40.